The average Bonchev–Trinajstić information content (AvgIpc) is 2.63. The van der Waals surface area contributed by atoms with E-state index in [9.17, 15) is 9.59 Å². The van der Waals surface area contributed by atoms with Crippen LogP contribution < -0.4 is 0 Å². The summed E-state index contributed by atoms with van der Waals surface area (Å²) in [6, 6.07) is 0. The fraction of sp³-hybridized carbons (Fsp3) is 0.455. The molecule has 26 heavy (non-hydrogen) atoms. The molecule has 148 valence electrons. The molecule has 0 heterocycles. The summed E-state index contributed by atoms with van der Waals surface area (Å²) in [4.78, 5) is 20.9. The Morgan fingerprint density at radius 2 is 1.19 bits per heavy atom. The van der Waals surface area contributed by atoms with Gasteiger partial charge in [-0.1, -0.05) is 30.9 Å². The summed E-state index contributed by atoms with van der Waals surface area (Å²) in [6.45, 7) is 22.4. The van der Waals surface area contributed by atoms with Gasteiger partial charge in [-0.15, -0.1) is 6.58 Å². The minimum absolute atomic E-state index is 0.268. The number of allylic oxidation sites excluding steroid dienone is 4. The first-order chi connectivity index (χ1) is 12.4. The van der Waals surface area contributed by atoms with E-state index in [4.69, 9.17) is 4.74 Å². The van der Waals surface area contributed by atoms with Crippen LogP contribution >= 0.6 is 0 Å². The molecule has 4 nitrogen and oxygen atoms in total. The standard InChI is InChI=1S/C8H13O2.C7H11O2.C4H8.C3H6/c1-3-5-7-10-8(9)6-4-2;1-3-5-6-9-7(8)4-2;1-3-4-2;1-3-2/h4,6H,1,3,5,7H2,2H3;4H,1-3,5-6H2;3-4H,1-2H3;3H,1H2,2H3/q2*+1;;/b6-4+;;4-3-;. The minimum atomic E-state index is -0.358. The van der Waals surface area contributed by atoms with Crippen molar-refractivity contribution in [1.82, 2.24) is 0 Å². The van der Waals surface area contributed by atoms with Gasteiger partial charge in [-0.05, 0) is 27.7 Å². The van der Waals surface area contributed by atoms with Crippen molar-refractivity contribution in [3.05, 3.63) is 63.5 Å². The summed E-state index contributed by atoms with van der Waals surface area (Å²) in [5.74, 6) is -0.626. The van der Waals surface area contributed by atoms with E-state index in [-0.39, 0.29) is 11.9 Å². The predicted molar refractivity (Wildman–Crippen MR) is 112 cm³/mol. The Morgan fingerprint density at radius 1 is 0.808 bits per heavy atom. The van der Waals surface area contributed by atoms with Gasteiger partial charge in [0.1, 0.15) is 0 Å². The third-order valence-electron chi connectivity index (χ3n) is 2.08. The molecule has 0 atom stereocenters. The molecule has 0 unspecified atom stereocenters. The molecule has 4 heteroatoms. The van der Waals surface area contributed by atoms with Gasteiger partial charge in [0.05, 0.1) is 39.9 Å². The molecule has 0 spiro atoms. The maximum atomic E-state index is 10.6. The second-order valence-corrected chi connectivity index (χ2v) is 4.53. The highest BCUT2D eigenvalue weighted by molar-refractivity contribution is 5.81. The summed E-state index contributed by atoms with van der Waals surface area (Å²) >= 11 is 0. The van der Waals surface area contributed by atoms with Crippen LogP contribution in [-0.2, 0) is 19.1 Å². The molecule has 0 saturated carbocycles. The SMILES string of the molecule is C/C=C\C.C=CC.C=CC(=O)OCCC[CH2+].[CH2+]CCCOC(=O)/C=C/C. The van der Waals surface area contributed by atoms with Gasteiger partial charge in [0.25, 0.3) is 0 Å². The van der Waals surface area contributed by atoms with Crippen LogP contribution in [0.1, 0.15) is 53.4 Å². The van der Waals surface area contributed by atoms with E-state index in [1.807, 2.05) is 32.9 Å². The van der Waals surface area contributed by atoms with E-state index < -0.39 is 0 Å². The zero-order valence-electron chi connectivity index (χ0n) is 17.2. The van der Waals surface area contributed by atoms with Gasteiger partial charge >= 0.3 is 11.9 Å². The van der Waals surface area contributed by atoms with Crippen LogP contribution in [0, 0.1) is 13.8 Å². The molecule has 0 rings (SSSR count). The molecule has 0 aliphatic heterocycles. The lowest BCUT2D eigenvalue weighted by Gasteiger charge is -1.96. The molecule has 0 saturated heterocycles. The van der Waals surface area contributed by atoms with E-state index in [0.29, 0.717) is 13.2 Å². The number of unbranched alkanes of at least 4 members (excludes halogenated alkanes) is 2. The summed E-state index contributed by atoms with van der Waals surface area (Å²) in [7, 11) is 0. The molecule has 0 aliphatic carbocycles. The quantitative estimate of drug-likeness (QED) is 0.178. The number of hydrogen-bond donors (Lipinski definition) is 0. The first kappa shape index (κ1) is 31.4. The molecule has 0 aromatic heterocycles. The molecular weight excluding hydrogens is 328 g/mol. The number of rotatable bonds is 8. The van der Waals surface area contributed by atoms with Crippen molar-refractivity contribution in [2.24, 2.45) is 0 Å². The maximum absolute atomic E-state index is 10.6. The average molecular weight is 367 g/mol. The Balaban J connectivity index is -0.000000138. The van der Waals surface area contributed by atoms with Crippen molar-refractivity contribution in [2.75, 3.05) is 13.2 Å². The van der Waals surface area contributed by atoms with E-state index in [1.165, 1.54) is 6.08 Å². The fourth-order valence-corrected chi connectivity index (χ4v) is 0.793. The fourth-order valence-electron chi connectivity index (χ4n) is 0.793. The highest BCUT2D eigenvalue weighted by atomic mass is 16.5. The van der Waals surface area contributed by atoms with Crippen LogP contribution in [0.3, 0.4) is 0 Å². The zero-order valence-corrected chi connectivity index (χ0v) is 17.2. The molecular formula is C22H38O4+2. The Labute approximate surface area is 161 Å². The van der Waals surface area contributed by atoms with Crippen molar-refractivity contribution >= 4 is 11.9 Å². The highest BCUT2D eigenvalue weighted by Gasteiger charge is 1.94. The first-order valence-electron chi connectivity index (χ1n) is 8.76. The molecule has 0 radical (unpaired) electrons. The molecule has 0 N–H and O–H groups in total. The van der Waals surface area contributed by atoms with Crippen LogP contribution in [0.25, 0.3) is 0 Å². The lowest BCUT2D eigenvalue weighted by Crippen LogP contribution is -2.01. The lowest BCUT2D eigenvalue weighted by molar-refractivity contribution is -0.138. The van der Waals surface area contributed by atoms with Gasteiger partial charge in [0.15, 0.2) is 0 Å². The summed E-state index contributed by atoms with van der Waals surface area (Å²) in [5.41, 5.74) is 0. The van der Waals surface area contributed by atoms with Crippen LogP contribution in [0.15, 0.2) is 49.6 Å². The van der Waals surface area contributed by atoms with Gasteiger partial charge in [-0.3, -0.25) is 0 Å². The smallest absolute Gasteiger partial charge is 0.330 e. The van der Waals surface area contributed by atoms with Gasteiger partial charge < -0.3 is 9.47 Å². The molecule has 0 fully saturated rings. The number of carbonyl (C=O) groups excluding carboxylic acids is 2. The van der Waals surface area contributed by atoms with Gasteiger partial charge in [-0.25, -0.2) is 9.59 Å². The zero-order chi connectivity index (χ0) is 21.1. The Morgan fingerprint density at radius 3 is 1.46 bits per heavy atom. The second-order valence-electron chi connectivity index (χ2n) is 4.53. The summed E-state index contributed by atoms with van der Waals surface area (Å²) < 4.78 is 9.39. The monoisotopic (exact) mass is 366 g/mol. The van der Waals surface area contributed by atoms with Crippen LogP contribution in [0.5, 0.6) is 0 Å². The first-order valence-corrected chi connectivity index (χ1v) is 8.76. The van der Waals surface area contributed by atoms with Crippen LogP contribution in [0.4, 0.5) is 0 Å². The third-order valence-corrected chi connectivity index (χ3v) is 2.08. The highest BCUT2D eigenvalue weighted by Crippen LogP contribution is 1.89. The molecule has 0 aliphatic rings. The Bertz CT molecular complexity index is 364. The summed E-state index contributed by atoms with van der Waals surface area (Å²) in [6.07, 6.45) is 13.2. The number of esters is 2. The maximum Gasteiger partial charge on any atom is 0.330 e. The van der Waals surface area contributed by atoms with Gasteiger partial charge in [-0.2, -0.15) is 0 Å². The van der Waals surface area contributed by atoms with Crippen molar-refractivity contribution < 1.29 is 19.1 Å². The Hall–Kier alpha value is -2.36. The number of ether oxygens (including phenoxy) is 2. The molecule has 0 aromatic carbocycles. The van der Waals surface area contributed by atoms with Crippen molar-refractivity contribution in [3.63, 3.8) is 0 Å². The molecule has 0 bridgehead atoms. The van der Waals surface area contributed by atoms with Gasteiger partial charge in [0.2, 0.25) is 0 Å². The minimum Gasteiger partial charge on any atom is -0.462 e. The predicted octanol–water partition coefficient (Wildman–Crippen LogP) is 5.82. The molecule has 0 aromatic rings. The van der Waals surface area contributed by atoms with Crippen molar-refractivity contribution in [1.29, 1.82) is 0 Å². The van der Waals surface area contributed by atoms with Crippen LogP contribution in [0.2, 0.25) is 0 Å². The second kappa shape index (κ2) is 34.1. The van der Waals surface area contributed by atoms with Gasteiger partial charge in [0, 0.05) is 25.0 Å². The van der Waals surface area contributed by atoms with Crippen molar-refractivity contribution in [2.45, 2.75) is 53.4 Å². The lowest BCUT2D eigenvalue weighted by atomic mass is 10.4. The van der Waals surface area contributed by atoms with Crippen LogP contribution in [-0.4, -0.2) is 25.2 Å². The molecule has 0 amide bonds. The topological polar surface area (TPSA) is 52.6 Å². The Kier molecular flexibility index (Phi) is 41.2. The largest absolute Gasteiger partial charge is 0.462 e. The summed E-state index contributed by atoms with van der Waals surface area (Å²) in [5, 5.41) is 0. The normalized spacial score (nSPS) is 8.77. The van der Waals surface area contributed by atoms with Crippen molar-refractivity contribution in [3.8, 4) is 0 Å². The van der Waals surface area contributed by atoms with E-state index in [2.05, 4.69) is 31.7 Å². The third kappa shape index (κ3) is 49.6. The number of hydrogen-bond acceptors (Lipinski definition) is 4. The van der Waals surface area contributed by atoms with E-state index >= 15 is 0 Å². The number of carbonyl (C=O) groups is 2. The van der Waals surface area contributed by atoms with E-state index in [1.54, 1.807) is 19.1 Å². The van der Waals surface area contributed by atoms with E-state index in [0.717, 1.165) is 31.8 Å².